The van der Waals surface area contributed by atoms with Crippen LogP contribution in [0.1, 0.15) is 11.1 Å². The molecule has 110 valence electrons. The lowest BCUT2D eigenvalue weighted by molar-refractivity contribution is -0.385. The number of rotatable bonds is 5. The van der Waals surface area contributed by atoms with Gasteiger partial charge in [-0.1, -0.05) is 28.1 Å². The van der Waals surface area contributed by atoms with Crippen molar-refractivity contribution in [3.05, 3.63) is 62.1 Å². The molecule has 6 heteroatoms. The van der Waals surface area contributed by atoms with Gasteiger partial charge in [-0.3, -0.25) is 10.1 Å². The SMILES string of the molecule is CNCc1ccc(Oc2cc(Br)cc([N+](=O)[O-])c2)c(C)c1. The van der Waals surface area contributed by atoms with Gasteiger partial charge in [0.05, 0.1) is 11.0 Å². The van der Waals surface area contributed by atoms with Crippen LogP contribution in [-0.2, 0) is 6.54 Å². The van der Waals surface area contributed by atoms with Crippen molar-refractivity contribution in [2.45, 2.75) is 13.5 Å². The summed E-state index contributed by atoms with van der Waals surface area (Å²) in [5.41, 5.74) is 2.12. The van der Waals surface area contributed by atoms with E-state index >= 15 is 0 Å². The predicted molar refractivity (Wildman–Crippen MR) is 84.8 cm³/mol. The zero-order valence-electron chi connectivity index (χ0n) is 11.7. The minimum atomic E-state index is -0.444. The summed E-state index contributed by atoms with van der Waals surface area (Å²) >= 11 is 3.25. The van der Waals surface area contributed by atoms with Crippen molar-refractivity contribution >= 4 is 21.6 Å². The normalized spacial score (nSPS) is 10.4. The highest BCUT2D eigenvalue weighted by molar-refractivity contribution is 9.10. The van der Waals surface area contributed by atoms with E-state index in [9.17, 15) is 10.1 Å². The number of nitrogens with zero attached hydrogens (tertiary/aromatic N) is 1. The minimum absolute atomic E-state index is 0.0103. The molecule has 0 aromatic heterocycles. The van der Waals surface area contributed by atoms with Crippen LogP contribution in [0.15, 0.2) is 40.9 Å². The highest BCUT2D eigenvalue weighted by atomic mass is 79.9. The molecular formula is C15H15BrN2O3. The summed E-state index contributed by atoms with van der Waals surface area (Å²) < 4.78 is 6.37. The molecule has 2 rings (SSSR count). The third-order valence-electron chi connectivity index (χ3n) is 2.91. The molecule has 21 heavy (non-hydrogen) atoms. The topological polar surface area (TPSA) is 64.4 Å². The highest BCUT2D eigenvalue weighted by Gasteiger charge is 2.11. The monoisotopic (exact) mass is 350 g/mol. The number of nitrogens with one attached hydrogen (secondary N) is 1. The highest BCUT2D eigenvalue weighted by Crippen LogP contribution is 2.31. The fourth-order valence-corrected chi connectivity index (χ4v) is 2.44. The first-order valence-electron chi connectivity index (χ1n) is 6.36. The van der Waals surface area contributed by atoms with Gasteiger partial charge >= 0.3 is 0 Å². The van der Waals surface area contributed by atoms with Crippen molar-refractivity contribution in [1.29, 1.82) is 0 Å². The third kappa shape index (κ3) is 4.03. The molecule has 0 heterocycles. The van der Waals surface area contributed by atoms with Crippen molar-refractivity contribution in [3.8, 4) is 11.5 Å². The maximum Gasteiger partial charge on any atom is 0.274 e. The van der Waals surface area contributed by atoms with Crippen molar-refractivity contribution in [3.63, 3.8) is 0 Å². The zero-order valence-corrected chi connectivity index (χ0v) is 13.3. The quantitative estimate of drug-likeness (QED) is 0.648. The first kappa shape index (κ1) is 15.5. The van der Waals surface area contributed by atoms with Crippen molar-refractivity contribution in [2.75, 3.05) is 7.05 Å². The van der Waals surface area contributed by atoms with Crippen LogP contribution < -0.4 is 10.1 Å². The molecular weight excluding hydrogens is 336 g/mol. The molecule has 5 nitrogen and oxygen atoms in total. The number of hydrogen-bond acceptors (Lipinski definition) is 4. The Labute approximate surface area is 131 Å². The summed E-state index contributed by atoms with van der Waals surface area (Å²) in [5, 5.41) is 13.9. The Balaban J connectivity index is 2.27. The van der Waals surface area contributed by atoms with E-state index in [1.165, 1.54) is 12.1 Å². The molecule has 2 aromatic carbocycles. The number of benzene rings is 2. The summed E-state index contributed by atoms with van der Waals surface area (Å²) in [7, 11) is 1.89. The number of aryl methyl sites for hydroxylation is 1. The number of halogens is 1. The molecule has 0 aliphatic rings. The van der Waals surface area contributed by atoms with Gasteiger partial charge in [0, 0.05) is 17.1 Å². The second-order valence-electron chi connectivity index (χ2n) is 4.63. The summed E-state index contributed by atoms with van der Waals surface area (Å²) in [6.45, 7) is 2.73. The smallest absolute Gasteiger partial charge is 0.274 e. The molecule has 0 fully saturated rings. The van der Waals surface area contributed by atoms with Crippen LogP contribution in [0.3, 0.4) is 0 Å². The molecule has 2 aromatic rings. The average Bonchev–Trinajstić information content (AvgIpc) is 2.41. The number of nitro benzene ring substituents is 1. The van der Waals surface area contributed by atoms with Crippen LogP contribution in [0, 0.1) is 17.0 Å². The maximum atomic E-state index is 10.9. The van der Waals surface area contributed by atoms with Crippen LogP contribution >= 0.6 is 15.9 Å². The Kier molecular flexibility index (Phi) is 4.93. The van der Waals surface area contributed by atoms with Gasteiger partial charge in [-0.05, 0) is 37.2 Å². The van der Waals surface area contributed by atoms with Gasteiger partial charge in [0.1, 0.15) is 11.5 Å². The lowest BCUT2D eigenvalue weighted by atomic mass is 10.1. The Morgan fingerprint density at radius 3 is 2.67 bits per heavy atom. The largest absolute Gasteiger partial charge is 0.457 e. The Hall–Kier alpha value is -1.92. The Morgan fingerprint density at radius 1 is 1.29 bits per heavy atom. The van der Waals surface area contributed by atoms with E-state index in [1.807, 2.05) is 32.2 Å². The van der Waals surface area contributed by atoms with Crippen LogP contribution in [0.4, 0.5) is 5.69 Å². The molecule has 0 bridgehead atoms. The van der Waals surface area contributed by atoms with Crippen molar-refractivity contribution in [2.24, 2.45) is 0 Å². The van der Waals surface area contributed by atoms with E-state index in [2.05, 4.69) is 21.2 Å². The fourth-order valence-electron chi connectivity index (χ4n) is 1.98. The molecule has 0 unspecified atom stereocenters. The van der Waals surface area contributed by atoms with E-state index in [1.54, 1.807) is 6.07 Å². The van der Waals surface area contributed by atoms with E-state index in [4.69, 9.17) is 4.74 Å². The number of non-ortho nitro benzene ring substituents is 1. The fraction of sp³-hybridized carbons (Fsp3) is 0.200. The second kappa shape index (κ2) is 6.69. The second-order valence-corrected chi connectivity index (χ2v) is 5.55. The van der Waals surface area contributed by atoms with E-state index < -0.39 is 4.92 Å². The van der Waals surface area contributed by atoms with Gasteiger partial charge in [-0.25, -0.2) is 0 Å². The van der Waals surface area contributed by atoms with Crippen molar-refractivity contribution < 1.29 is 9.66 Å². The molecule has 0 aliphatic heterocycles. The van der Waals surface area contributed by atoms with Crippen molar-refractivity contribution in [1.82, 2.24) is 5.32 Å². The standard InChI is InChI=1S/C15H15BrN2O3/c1-10-5-11(9-17-2)3-4-15(10)21-14-7-12(16)6-13(8-14)18(19)20/h3-8,17H,9H2,1-2H3. The van der Waals surface area contributed by atoms with Gasteiger partial charge < -0.3 is 10.1 Å². The van der Waals surface area contributed by atoms with Crippen LogP contribution in [0.5, 0.6) is 11.5 Å². The van der Waals surface area contributed by atoms with E-state index in [0.717, 1.165) is 17.7 Å². The average molecular weight is 351 g/mol. The van der Waals surface area contributed by atoms with Gasteiger partial charge in [-0.15, -0.1) is 0 Å². The third-order valence-corrected chi connectivity index (χ3v) is 3.37. The maximum absolute atomic E-state index is 10.9. The number of nitro groups is 1. The number of ether oxygens (including phenoxy) is 1. The Bertz CT molecular complexity index is 674. The first-order valence-corrected chi connectivity index (χ1v) is 7.16. The van der Waals surface area contributed by atoms with Gasteiger partial charge in [0.2, 0.25) is 0 Å². The van der Waals surface area contributed by atoms with Gasteiger partial charge in [0.25, 0.3) is 5.69 Å². The molecule has 0 atom stereocenters. The minimum Gasteiger partial charge on any atom is -0.457 e. The van der Waals surface area contributed by atoms with Crippen LogP contribution in [-0.4, -0.2) is 12.0 Å². The summed E-state index contributed by atoms with van der Waals surface area (Å²) in [5.74, 6) is 1.11. The zero-order chi connectivity index (χ0) is 15.4. The van der Waals surface area contributed by atoms with Gasteiger partial charge in [0.15, 0.2) is 0 Å². The van der Waals surface area contributed by atoms with Crippen LogP contribution in [0.2, 0.25) is 0 Å². The van der Waals surface area contributed by atoms with Crippen LogP contribution in [0.25, 0.3) is 0 Å². The number of hydrogen-bond donors (Lipinski definition) is 1. The summed E-state index contributed by atoms with van der Waals surface area (Å²) in [6.07, 6.45) is 0. The molecule has 0 aliphatic carbocycles. The molecule has 0 amide bonds. The van der Waals surface area contributed by atoms with E-state index in [-0.39, 0.29) is 5.69 Å². The molecule has 0 saturated carbocycles. The lowest BCUT2D eigenvalue weighted by Gasteiger charge is -2.10. The summed E-state index contributed by atoms with van der Waals surface area (Å²) in [6, 6.07) is 10.4. The lowest BCUT2D eigenvalue weighted by Crippen LogP contribution is -2.05. The molecule has 1 N–H and O–H groups in total. The molecule has 0 spiro atoms. The summed E-state index contributed by atoms with van der Waals surface area (Å²) in [4.78, 5) is 10.4. The Morgan fingerprint density at radius 2 is 2.05 bits per heavy atom. The van der Waals surface area contributed by atoms with E-state index in [0.29, 0.717) is 16.0 Å². The predicted octanol–water partition coefficient (Wildman–Crippen LogP) is 4.18. The van der Waals surface area contributed by atoms with Gasteiger partial charge in [-0.2, -0.15) is 0 Å². The molecule has 0 radical (unpaired) electrons. The molecule has 0 saturated heterocycles. The first-order chi connectivity index (χ1) is 9.99.